The number of aromatic nitrogens is 1. The quantitative estimate of drug-likeness (QED) is 0.634. The summed E-state index contributed by atoms with van der Waals surface area (Å²) in [6.07, 6.45) is -8.87. The molecule has 1 heterocycles. The number of rotatable bonds is 3. The minimum Gasteiger partial charge on any atom is -0.464 e. The highest BCUT2D eigenvalue weighted by Gasteiger charge is 2.37. The fraction of sp³-hybridized carbons (Fsp3) is 0.333. The first-order valence-corrected chi connectivity index (χ1v) is 4.48. The summed E-state index contributed by atoms with van der Waals surface area (Å²) < 4.78 is 81.7. The SMILES string of the molecule is COC(=O)c1ncc(F)c(OC(F)(F)F)c1C(F)F. The maximum atomic E-state index is 13.1. The van der Waals surface area contributed by atoms with Crippen LogP contribution in [0.5, 0.6) is 5.75 Å². The Kier molecular flexibility index (Phi) is 4.22. The molecule has 0 atom stereocenters. The Morgan fingerprint density at radius 3 is 2.37 bits per heavy atom. The lowest BCUT2D eigenvalue weighted by molar-refractivity contribution is -0.276. The zero-order valence-electron chi connectivity index (χ0n) is 9.09. The van der Waals surface area contributed by atoms with Crippen LogP contribution in [0.25, 0.3) is 0 Å². The Balaban J connectivity index is 3.46. The molecule has 0 aliphatic heterocycles. The third kappa shape index (κ3) is 3.48. The molecule has 0 spiro atoms. The number of carbonyl (C=O) groups is 1. The van der Waals surface area contributed by atoms with E-state index in [1.807, 2.05) is 0 Å². The third-order valence-corrected chi connectivity index (χ3v) is 1.84. The summed E-state index contributed by atoms with van der Waals surface area (Å²) in [6, 6.07) is 0. The van der Waals surface area contributed by atoms with Crippen molar-refractivity contribution in [3.63, 3.8) is 0 Å². The van der Waals surface area contributed by atoms with Gasteiger partial charge in [-0.2, -0.15) is 0 Å². The summed E-state index contributed by atoms with van der Waals surface area (Å²) in [5.74, 6) is -5.03. The molecule has 0 aliphatic carbocycles. The van der Waals surface area contributed by atoms with Gasteiger partial charge in [0.2, 0.25) is 0 Å². The number of pyridine rings is 1. The molecule has 0 unspecified atom stereocenters. The molecular weight excluding hydrogens is 284 g/mol. The van der Waals surface area contributed by atoms with Gasteiger partial charge in [0.1, 0.15) is 0 Å². The van der Waals surface area contributed by atoms with Crippen LogP contribution in [0, 0.1) is 5.82 Å². The van der Waals surface area contributed by atoms with Crippen LogP contribution in [-0.4, -0.2) is 24.4 Å². The number of nitrogens with zero attached hydrogens (tertiary/aromatic N) is 1. The predicted octanol–water partition coefficient (Wildman–Crippen LogP) is 2.84. The van der Waals surface area contributed by atoms with Crippen molar-refractivity contribution >= 4 is 5.97 Å². The second-order valence-corrected chi connectivity index (χ2v) is 3.04. The van der Waals surface area contributed by atoms with Crippen LogP contribution in [-0.2, 0) is 4.74 Å². The molecule has 0 saturated heterocycles. The van der Waals surface area contributed by atoms with Crippen LogP contribution in [0.4, 0.5) is 26.3 Å². The Hall–Kier alpha value is -2.00. The zero-order chi connectivity index (χ0) is 14.8. The summed E-state index contributed by atoms with van der Waals surface area (Å²) in [5.41, 5.74) is -2.78. The van der Waals surface area contributed by atoms with E-state index in [0.29, 0.717) is 0 Å². The van der Waals surface area contributed by atoms with Crippen LogP contribution >= 0.6 is 0 Å². The maximum Gasteiger partial charge on any atom is 0.573 e. The lowest BCUT2D eigenvalue weighted by Gasteiger charge is -2.15. The van der Waals surface area contributed by atoms with Crippen molar-refractivity contribution in [1.29, 1.82) is 0 Å². The molecule has 0 amide bonds. The van der Waals surface area contributed by atoms with Gasteiger partial charge in [-0.15, -0.1) is 13.2 Å². The van der Waals surface area contributed by atoms with Crippen LogP contribution in [0.1, 0.15) is 22.5 Å². The summed E-state index contributed by atoms with van der Waals surface area (Å²) in [5, 5.41) is 0. The molecule has 0 radical (unpaired) electrons. The van der Waals surface area contributed by atoms with E-state index in [4.69, 9.17) is 0 Å². The molecular formula is C9H5F6NO3. The van der Waals surface area contributed by atoms with Crippen molar-refractivity contribution in [2.45, 2.75) is 12.8 Å². The van der Waals surface area contributed by atoms with Gasteiger partial charge < -0.3 is 9.47 Å². The van der Waals surface area contributed by atoms with Gasteiger partial charge in [-0.05, 0) is 0 Å². The van der Waals surface area contributed by atoms with Gasteiger partial charge in [0.05, 0.1) is 18.9 Å². The van der Waals surface area contributed by atoms with E-state index in [1.165, 1.54) is 0 Å². The minimum absolute atomic E-state index is 0.152. The highest BCUT2D eigenvalue weighted by atomic mass is 19.4. The molecule has 1 rings (SSSR count). The van der Waals surface area contributed by atoms with E-state index in [0.717, 1.165) is 7.11 Å². The van der Waals surface area contributed by atoms with Gasteiger partial charge in [-0.3, -0.25) is 0 Å². The molecule has 0 N–H and O–H groups in total. The number of methoxy groups -OCH3 is 1. The first-order valence-electron chi connectivity index (χ1n) is 4.48. The molecule has 19 heavy (non-hydrogen) atoms. The van der Waals surface area contributed by atoms with E-state index < -0.39 is 41.6 Å². The van der Waals surface area contributed by atoms with Crippen molar-refractivity contribution in [2.24, 2.45) is 0 Å². The highest BCUT2D eigenvalue weighted by molar-refractivity contribution is 5.89. The Bertz CT molecular complexity index is 488. The summed E-state index contributed by atoms with van der Waals surface area (Å²) in [6.45, 7) is 0. The van der Waals surface area contributed by atoms with Crippen molar-refractivity contribution in [1.82, 2.24) is 4.98 Å². The average Bonchev–Trinajstić information content (AvgIpc) is 2.28. The lowest BCUT2D eigenvalue weighted by Crippen LogP contribution is -2.21. The summed E-state index contributed by atoms with van der Waals surface area (Å²) in [7, 11) is 0.799. The van der Waals surface area contributed by atoms with E-state index in [-0.39, 0.29) is 6.20 Å². The van der Waals surface area contributed by atoms with Gasteiger partial charge in [0.25, 0.3) is 6.43 Å². The fourth-order valence-corrected chi connectivity index (χ4v) is 1.17. The van der Waals surface area contributed by atoms with Crippen molar-refractivity contribution in [2.75, 3.05) is 7.11 Å². The largest absolute Gasteiger partial charge is 0.573 e. The molecule has 0 aliphatic rings. The van der Waals surface area contributed by atoms with Crippen LogP contribution < -0.4 is 4.74 Å². The Morgan fingerprint density at radius 1 is 1.37 bits per heavy atom. The smallest absolute Gasteiger partial charge is 0.464 e. The second kappa shape index (κ2) is 5.33. The average molecular weight is 289 g/mol. The lowest BCUT2D eigenvalue weighted by atomic mass is 10.1. The third-order valence-electron chi connectivity index (χ3n) is 1.84. The number of hydrogen-bond acceptors (Lipinski definition) is 4. The number of alkyl halides is 5. The van der Waals surface area contributed by atoms with Crippen molar-refractivity contribution in [3.05, 3.63) is 23.3 Å². The molecule has 1 aromatic heterocycles. The maximum absolute atomic E-state index is 13.1. The van der Waals surface area contributed by atoms with E-state index in [9.17, 15) is 31.1 Å². The first kappa shape index (κ1) is 15.1. The van der Waals surface area contributed by atoms with E-state index >= 15 is 0 Å². The predicted molar refractivity (Wildman–Crippen MR) is 47.2 cm³/mol. The van der Waals surface area contributed by atoms with Gasteiger partial charge >= 0.3 is 12.3 Å². The topological polar surface area (TPSA) is 48.4 Å². The number of hydrogen-bond donors (Lipinski definition) is 0. The molecule has 4 nitrogen and oxygen atoms in total. The molecule has 1 aromatic rings. The first-order chi connectivity index (χ1) is 8.67. The van der Waals surface area contributed by atoms with Gasteiger partial charge in [0.15, 0.2) is 17.3 Å². The highest BCUT2D eigenvalue weighted by Crippen LogP contribution is 2.36. The monoisotopic (exact) mass is 289 g/mol. The van der Waals surface area contributed by atoms with E-state index in [1.54, 1.807) is 0 Å². The van der Waals surface area contributed by atoms with Crippen molar-refractivity contribution in [3.8, 4) is 5.75 Å². The molecule has 0 aromatic carbocycles. The molecule has 0 bridgehead atoms. The number of carbonyl (C=O) groups excluding carboxylic acids is 1. The van der Waals surface area contributed by atoms with Crippen LogP contribution in [0.2, 0.25) is 0 Å². The Labute approximate surface area is 101 Å². The number of esters is 1. The minimum atomic E-state index is -5.40. The number of halogens is 6. The number of ether oxygens (including phenoxy) is 2. The summed E-state index contributed by atoms with van der Waals surface area (Å²) in [4.78, 5) is 14.1. The van der Waals surface area contributed by atoms with Crippen LogP contribution in [0.15, 0.2) is 6.20 Å². The summed E-state index contributed by atoms with van der Waals surface area (Å²) >= 11 is 0. The molecule has 10 heteroatoms. The molecule has 0 fully saturated rings. The fourth-order valence-electron chi connectivity index (χ4n) is 1.17. The second-order valence-electron chi connectivity index (χ2n) is 3.04. The standard InChI is InChI=1S/C9H5F6NO3/c1-18-8(17)5-4(7(11)12)6(3(10)2-16-5)19-9(13,14)15/h2,7H,1H3. The Morgan fingerprint density at radius 2 is 1.95 bits per heavy atom. The van der Waals surface area contributed by atoms with Gasteiger partial charge in [-0.25, -0.2) is 22.9 Å². The molecule has 0 saturated carbocycles. The normalized spacial score (nSPS) is 11.6. The van der Waals surface area contributed by atoms with Gasteiger partial charge in [-0.1, -0.05) is 0 Å². The van der Waals surface area contributed by atoms with Crippen molar-refractivity contribution < 1.29 is 40.6 Å². The van der Waals surface area contributed by atoms with E-state index in [2.05, 4.69) is 14.5 Å². The zero-order valence-corrected chi connectivity index (χ0v) is 9.09. The van der Waals surface area contributed by atoms with Crippen LogP contribution in [0.3, 0.4) is 0 Å². The van der Waals surface area contributed by atoms with Gasteiger partial charge in [0, 0.05) is 0 Å². The molecule has 106 valence electrons.